The summed E-state index contributed by atoms with van der Waals surface area (Å²) in [4.78, 5) is 73.0. The number of carbonyl (C=O) groups excluding carboxylic acids is 4. The summed E-state index contributed by atoms with van der Waals surface area (Å²) in [5.41, 5.74) is 0. The first-order chi connectivity index (χ1) is 51.7. The van der Waals surface area contributed by atoms with Crippen LogP contribution in [0.5, 0.6) is 0 Å². The van der Waals surface area contributed by atoms with Crippen LogP contribution in [0.1, 0.15) is 285 Å². The zero-order valence-electron chi connectivity index (χ0n) is 65.5. The van der Waals surface area contributed by atoms with Gasteiger partial charge in [-0.15, -0.1) is 0 Å². The molecule has 0 aliphatic carbocycles. The van der Waals surface area contributed by atoms with Gasteiger partial charge in [0.2, 0.25) is 0 Å². The number of unbranched alkanes of at least 4 members (excludes halogenated alkanes) is 17. The third kappa shape index (κ3) is 76.4. The van der Waals surface area contributed by atoms with Crippen LogP contribution in [0.15, 0.2) is 182 Å². The molecule has 0 aromatic heterocycles. The molecule has 0 spiro atoms. The molecule has 0 aliphatic heterocycles. The predicted octanol–water partition coefficient (Wildman–Crippen LogP) is 23.6. The van der Waals surface area contributed by atoms with Crippen molar-refractivity contribution < 1.29 is 80.2 Å². The highest BCUT2D eigenvalue weighted by molar-refractivity contribution is 7.47. The Balaban J connectivity index is 5.51. The van der Waals surface area contributed by atoms with Gasteiger partial charge in [-0.05, 0) is 161 Å². The average molecular weight is 1520 g/mol. The maximum absolute atomic E-state index is 13.1. The third-order valence-electron chi connectivity index (χ3n) is 15.9. The van der Waals surface area contributed by atoms with E-state index in [2.05, 4.69) is 180 Å². The van der Waals surface area contributed by atoms with Crippen LogP contribution in [0.2, 0.25) is 0 Å². The molecule has 0 rings (SSSR count). The summed E-state index contributed by atoms with van der Waals surface area (Å²) in [6.45, 7) is 4.33. The van der Waals surface area contributed by atoms with Crippen molar-refractivity contribution in [2.45, 2.75) is 303 Å². The fraction of sp³-hybridized carbons (Fsp3) is 0.609. The number of rotatable bonds is 73. The molecule has 0 amide bonds. The molecule has 0 aromatic carbocycles. The van der Waals surface area contributed by atoms with E-state index in [4.69, 9.17) is 37.0 Å². The first-order valence-corrected chi connectivity index (χ1v) is 43.0. The molecule has 17 nitrogen and oxygen atoms in total. The quantitative estimate of drug-likeness (QED) is 0.0169. The van der Waals surface area contributed by atoms with Gasteiger partial charge in [-0.3, -0.25) is 37.3 Å². The van der Waals surface area contributed by atoms with E-state index >= 15 is 0 Å². The normalized spacial score (nSPS) is 14.8. The van der Waals surface area contributed by atoms with E-state index < -0.39 is 97.5 Å². The minimum atomic E-state index is -5.01. The highest BCUT2D eigenvalue weighted by Gasteiger charge is 2.30. The SMILES string of the molecule is CC/C=C\C/C=C\C/C=C\C/C=C\C/C=C\C/C=C\CCC(=O)OCC(COP(=O)(O)OCC(O)COP(=O)(O)OCC(COC(=O)CCC/C=C\C/C=C\C/C=C\C/C=C\C/C=C\CC)OC(=O)CCCCCCC/C=C\CCCCCCCC)OC(=O)CCCCCCC/C=C\C/C=C\C/C=C\CC. The van der Waals surface area contributed by atoms with E-state index in [1.54, 1.807) is 0 Å². The van der Waals surface area contributed by atoms with Crippen LogP contribution in [0, 0.1) is 0 Å². The number of ether oxygens (including phenoxy) is 4. The topological polar surface area (TPSA) is 237 Å². The van der Waals surface area contributed by atoms with Crippen LogP contribution in [0.3, 0.4) is 0 Å². The molecule has 106 heavy (non-hydrogen) atoms. The molecule has 0 fully saturated rings. The standard InChI is InChI=1S/C87H140O17P2/c1-5-9-13-17-21-25-29-33-37-39-40-42-46-48-52-56-60-64-68-72-85(90)98-78-83(104-87(92)74-70-66-62-58-54-50-44-36-32-28-24-20-16-12-8-4)80-102-106(95,96)100-76-81(88)75-99-105(93,94)101-79-82(103-86(91)73-69-65-61-57-53-49-43-35-31-27-23-19-15-11-7-3)77-97-84(89)71-67-63-59-55-51-47-45-41-38-34-30-26-22-18-14-10-6-2/h9-10,12-14,16,21-22,24-26,28,33-38,40,42-45,47-48,52,55,59-60,64,81-83,88H,5-8,11,15,17-20,23,27,29-32,39,41,46,49-51,53-54,56-58,61-63,65-80H2,1-4H3,(H,93,94)(H,95,96)/b13-9-,14-10-,16-12-,25-21-,26-22-,28-24-,37-33-,38-34-,42-40-,43-35-,44-36-,47-45-,52-48-,59-55-,64-60-. The highest BCUT2D eigenvalue weighted by Crippen LogP contribution is 2.45. The number of aliphatic hydroxyl groups excluding tert-OH is 1. The number of allylic oxidation sites excluding steroid dienone is 30. The number of phosphoric ester groups is 2. The number of carbonyl (C=O) groups is 4. The van der Waals surface area contributed by atoms with Crippen LogP contribution in [-0.4, -0.2) is 96.7 Å². The molecular weight excluding hydrogens is 1380 g/mol. The Hall–Kier alpha value is -5.84. The lowest BCUT2D eigenvalue weighted by Crippen LogP contribution is -2.30. The Morgan fingerprint density at radius 2 is 0.519 bits per heavy atom. The average Bonchev–Trinajstić information content (AvgIpc) is 0.909. The van der Waals surface area contributed by atoms with E-state index in [1.165, 1.54) is 38.5 Å². The van der Waals surface area contributed by atoms with Crippen molar-refractivity contribution in [1.82, 2.24) is 0 Å². The lowest BCUT2D eigenvalue weighted by molar-refractivity contribution is -0.161. The number of hydrogen-bond acceptors (Lipinski definition) is 15. The molecular formula is C87H140O17P2. The van der Waals surface area contributed by atoms with Gasteiger partial charge in [0.15, 0.2) is 12.2 Å². The fourth-order valence-electron chi connectivity index (χ4n) is 9.88. The van der Waals surface area contributed by atoms with E-state index in [0.717, 1.165) is 154 Å². The zero-order chi connectivity index (χ0) is 77.4. The minimum absolute atomic E-state index is 0.0243. The van der Waals surface area contributed by atoms with Gasteiger partial charge in [0, 0.05) is 25.7 Å². The molecule has 0 radical (unpaired) electrons. The van der Waals surface area contributed by atoms with E-state index in [9.17, 15) is 43.2 Å². The lowest BCUT2D eigenvalue weighted by Gasteiger charge is -2.21. The van der Waals surface area contributed by atoms with E-state index in [-0.39, 0.29) is 25.7 Å². The summed E-state index contributed by atoms with van der Waals surface area (Å²) in [5, 5.41) is 10.6. The Labute approximate surface area is 641 Å². The monoisotopic (exact) mass is 1520 g/mol. The summed E-state index contributed by atoms with van der Waals surface area (Å²) in [5.74, 6) is -2.38. The number of hydrogen-bond donors (Lipinski definition) is 3. The predicted molar refractivity (Wildman–Crippen MR) is 436 cm³/mol. The molecule has 0 heterocycles. The Morgan fingerprint density at radius 3 is 0.849 bits per heavy atom. The molecule has 0 bridgehead atoms. The van der Waals surface area contributed by atoms with Crippen LogP contribution >= 0.6 is 15.6 Å². The number of aliphatic hydroxyl groups is 1. The largest absolute Gasteiger partial charge is 0.472 e. The smallest absolute Gasteiger partial charge is 0.462 e. The maximum atomic E-state index is 13.1. The maximum Gasteiger partial charge on any atom is 0.472 e. The van der Waals surface area contributed by atoms with Crippen molar-refractivity contribution in [3.63, 3.8) is 0 Å². The second kappa shape index (κ2) is 77.3. The van der Waals surface area contributed by atoms with Crippen molar-refractivity contribution >= 4 is 39.5 Å². The summed E-state index contributed by atoms with van der Waals surface area (Å²) in [7, 11) is -10.0. The van der Waals surface area contributed by atoms with Crippen LogP contribution in [-0.2, 0) is 65.4 Å². The second-order valence-electron chi connectivity index (χ2n) is 25.9. The van der Waals surface area contributed by atoms with Gasteiger partial charge in [-0.25, -0.2) is 9.13 Å². The van der Waals surface area contributed by atoms with Gasteiger partial charge in [0.05, 0.1) is 26.4 Å². The van der Waals surface area contributed by atoms with Crippen LogP contribution in [0.25, 0.3) is 0 Å². The van der Waals surface area contributed by atoms with Gasteiger partial charge < -0.3 is 33.8 Å². The lowest BCUT2D eigenvalue weighted by atomic mass is 10.1. The van der Waals surface area contributed by atoms with Gasteiger partial charge in [-0.1, -0.05) is 281 Å². The molecule has 19 heteroatoms. The van der Waals surface area contributed by atoms with Crippen molar-refractivity contribution in [3.05, 3.63) is 182 Å². The fourth-order valence-corrected chi connectivity index (χ4v) is 11.5. The van der Waals surface area contributed by atoms with E-state index in [1.807, 2.05) is 30.4 Å². The third-order valence-corrected chi connectivity index (χ3v) is 17.8. The molecule has 5 atom stereocenters. The zero-order valence-corrected chi connectivity index (χ0v) is 67.3. The van der Waals surface area contributed by atoms with Gasteiger partial charge >= 0.3 is 39.5 Å². The summed E-state index contributed by atoms with van der Waals surface area (Å²) >= 11 is 0. The molecule has 3 N–H and O–H groups in total. The first kappa shape index (κ1) is 100. The molecule has 0 saturated heterocycles. The second-order valence-corrected chi connectivity index (χ2v) is 28.8. The van der Waals surface area contributed by atoms with Crippen molar-refractivity contribution in [1.29, 1.82) is 0 Å². The molecule has 0 aliphatic rings. The van der Waals surface area contributed by atoms with Crippen LogP contribution in [0.4, 0.5) is 0 Å². The number of esters is 4. The summed E-state index contributed by atoms with van der Waals surface area (Å²) in [6, 6.07) is 0. The van der Waals surface area contributed by atoms with E-state index in [0.29, 0.717) is 38.5 Å². The Bertz CT molecular complexity index is 2730. The first-order valence-electron chi connectivity index (χ1n) is 40.0. The molecule has 5 unspecified atom stereocenters. The van der Waals surface area contributed by atoms with Gasteiger partial charge in [0.25, 0.3) is 0 Å². The highest BCUT2D eigenvalue weighted by atomic mass is 31.2. The number of phosphoric acid groups is 2. The Morgan fingerprint density at radius 1 is 0.274 bits per heavy atom. The summed E-state index contributed by atoms with van der Waals surface area (Å²) < 4.78 is 68.5. The van der Waals surface area contributed by atoms with Crippen molar-refractivity contribution in [2.75, 3.05) is 39.6 Å². The summed E-state index contributed by atoms with van der Waals surface area (Å²) in [6.07, 6.45) is 93.2. The minimum Gasteiger partial charge on any atom is -0.462 e. The molecule has 600 valence electrons. The van der Waals surface area contributed by atoms with Gasteiger partial charge in [-0.2, -0.15) is 0 Å². The molecule has 0 saturated carbocycles. The molecule has 0 aromatic rings. The van der Waals surface area contributed by atoms with Crippen molar-refractivity contribution in [2.24, 2.45) is 0 Å². The Kier molecular flexibility index (Phi) is 73.1. The van der Waals surface area contributed by atoms with Crippen LogP contribution < -0.4 is 0 Å². The van der Waals surface area contributed by atoms with Gasteiger partial charge in [0.1, 0.15) is 19.3 Å². The van der Waals surface area contributed by atoms with Crippen molar-refractivity contribution in [3.8, 4) is 0 Å².